The summed E-state index contributed by atoms with van der Waals surface area (Å²) in [6.45, 7) is 7.25. The zero-order chi connectivity index (χ0) is 15.5. The van der Waals surface area contributed by atoms with E-state index < -0.39 is 10.0 Å². The molecule has 0 bridgehead atoms. The first-order valence-electron chi connectivity index (χ1n) is 6.67. The van der Waals surface area contributed by atoms with E-state index in [1.807, 2.05) is 20.8 Å². The Hall–Kier alpha value is -1.44. The first-order chi connectivity index (χ1) is 9.92. The third kappa shape index (κ3) is 4.03. The summed E-state index contributed by atoms with van der Waals surface area (Å²) in [5.41, 5.74) is 1.39. The molecule has 0 aliphatic rings. The van der Waals surface area contributed by atoms with Crippen molar-refractivity contribution in [3.63, 3.8) is 0 Å². The van der Waals surface area contributed by atoms with Crippen LogP contribution < -0.4 is 10.0 Å². The van der Waals surface area contributed by atoms with E-state index in [9.17, 15) is 8.42 Å². The molecule has 7 heteroatoms. The van der Waals surface area contributed by atoms with Gasteiger partial charge in [-0.2, -0.15) is 0 Å². The molecule has 21 heavy (non-hydrogen) atoms. The highest BCUT2D eigenvalue weighted by Gasteiger charge is 2.20. The lowest BCUT2D eigenvalue weighted by Crippen LogP contribution is -2.13. The topological polar surface area (TPSA) is 71.1 Å². The molecule has 114 valence electrons. The molecule has 0 saturated carbocycles. The first-order valence-corrected chi connectivity index (χ1v) is 8.97. The predicted molar refractivity (Wildman–Crippen MR) is 86.2 cm³/mol. The lowest BCUT2D eigenvalue weighted by molar-refractivity contribution is 0.601. The van der Waals surface area contributed by atoms with Crippen molar-refractivity contribution < 1.29 is 8.42 Å². The fraction of sp³-hybridized carbons (Fsp3) is 0.357. The molecule has 0 spiro atoms. The molecule has 0 aliphatic carbocycles. The minimum atomic E-state index is -3.57. The molecule has 0 saturated heterocycles. The van der Waals surface area contributed by atoms with Crippen LogP contribution in [0.4, 0.5) is 5.69 Å². The molecule has 0 atom stereocenters. The fourth-order valence-electron chi connectivity index (χ4n) is 1.95. The average molecular weight is 325 g/mol. The van der Waals surface area contributed by atoms with Crippen molar-refractivity contribution in [3.05, 3.63) is 39.8 Å². The summed E-state index contributed by atoms with van der Waals surface area (Å²) in [7, 11) is -3.57. The number of pyridine rings is 1. The van der Waals surface area contributed by atoms with Crippen LogP contribution in [0.5, 0.6) is 0 Å². The zero-order valence-corrected chi connectivity index (χ0v) is 13.9. The largest absolute Gasteiger partial charge is 0.312 e. The van der Waals surface area contributed by atoms with Gasteiger partial charge in [-0.3, -0.25) is 9.71 Å². The van der Waals surface area contributed by atoms with Crippen LogP contribution in [0.15, 0.2) is 29.4 Å². The molecule has 2 aromatic heterocycles. The number of aromatic nitrogens is 1. The van der Waals surface area contributed by atoms with Crippen molar-refractivity contribution in [2.24, 2.45) is 0 Å². The molecule has 2 aromatic rings. The van der Waals surface area contributed by atoms with Crippen molar-refractivity contribution >= 4 is 27.0 Å². The Morgan fingerprint density at radius 1 is 1.24 bits per heavy atom. The first kappa shape index (κ1) is 15.9. The second-order valence-electron chi connectivity index (χ2n) is 4.77. The van der Waals surface area contributed by atoms with E-state index in [-0.39, 0.29) is 0 Å². The van der Waals surface area contributed by atoms with Gasteiger partial charge in [0, 0.05) is 22.5 Å². The number of hydrogen-bond donors (Lipinski definition) is 2. The van der Waals surface area contributed by atoms with Crippen molar-refractivity contribution in [3.8, 4) is 0 Å². The fourth-order valence-corrected chi connectivity index (χ4v) is 4.59. The van der Waals surface area contributed by atoms with Gasteiger partial charge < -0.3 is 5.32 Å². The summed E-state index contributed by atoms with van der Waals surface area (Å²) in [6.07, 6.45) is 3.19. The van der Waals surface area contributed by atoms with Gasteiger partial charge in [0.05, 0.1) is 11.9 Å². The molecule has 0 radical (unpaired) electrons. The molecular formula is C14H19N3O2S2. The van der Waals surface area contributed by atoms with E-state index in [4.69, 9.17) is 0 Å². The van der Waals surface area contributed by atoms with Crippen LogP contribution in [0.25, 0.3) is 0 Å². The standard InChI is InChI=1S/C14H19N3O2S2/c1-4-15-9-13-6-14(11(3)20-13)21(18,19)17-12-5-10(2)7-16-8-12/h5-8,15,17H,4,9H2,1-3H3. The number of anilines is 1. The van der Waals surface area contributed by atoms with E-state index in [0.29, 0.717) is 17.1 Å². The van der Waals surface area contributed by atoms with Gasteiger partial charge in [-0.15, -0.1) is 11.3 Å². The van der Waals surface area contributed by atoms with Gasteiger partial charge in [-0.1, -0.05) is 6.92 Å². The summed E-state index contributed by atoms with van der Waals surface area (Å²) in [5.74, 6) is 0. The Labute approximate surface area is 129 Å². The molecule has 0 unspecified atom stereocenters. The summed E-state index contributed by atoms with van der Waals surface area (Å²) < 4.78 is 27.5. The van der Waals surface area contributed by atoms with E-state index in [2.05, 4.69) is 15.0 Å². The van der Waals surface area contributed by atoms with Gasteiger partial charge >= 0.3 is 0 Å². The Bertz CT molecular complexity index is 724. The van der Waals surface area contributed by atoms with E-state index in [0.717, 1.165) is 21.9 Å². The Morgan fingerprint density at radius 3 is 2.67 bits per heavy atom. The summed E-state index contributed by atoms with van der Waals surface area (Å²) in [4.78, 5) is 6.13. The lowest BCUT2D eigenvalue weighted by Gasteiger charge is -2.07. The monoisotopic (exact) mass is 325 g/mol. The normalized spacial score (nSPS) is 11.6. The summed E-state index contributed by atoms with van der Waals surface area (Å²) >= 11 is 1.50. The van der Waals surface area contributed by atoms with Crippen LogP contribution >= 0.6 is 11.3 Å². The third-order valence-corrected chi connectivity index (χ3v) is 5.58. The van der Waals surface area contributed by atoms with Crippen molar-refractivity contribution in [2.75, 3.05) is 11.3 Å². The molecular weight excluding hydrogens is 306 g/mol. The van der Waals surface area contributed by atoms with Crippen molar-refractivity contribution in [1.82, 2.24) is 10.3 Å². The Kier molecular flexibility index (Phi) is 4.97. The number of nitrogens with one attached hydrogen (secondary N) is 2. The van der Waals surface area contributed by atoms with Crippen molar-refractivity contribution in [2.45, 2.75) is 32.2 Å². The molecule has 2 N–H and O–H groups in total. The number of thiophene rings is 1. The highest BCUT2D eigenvalue weighted by atomic mass is 32.2. The summed E-state index contributed by atoms with van der Waals surface area (Å²) in [5, 5.41) is 3.20. The maximum Gasteiger partial charge on any atom is 0.263 e. The Morgan fingerprint density at radius 2 is 2.00 bits per heavy atom. The van der Waals surface area contributed by atoms with Crippen LogP contribution in [0.3, 0.4) is 0 Å². The number of aryl methyl sites for hydroxylation is 2. The van der Waals surface area contributed by atoms with Crippen LogP contribution in [0.1, 0.15) is 22.2 Å². The highest BCUT2D eigenvalue weighted by Crippen LogP contribution is 2.27. The molecule has 0 aromatic carbocycles. The van der Waals surface area contributed by atoms with Gasteiger partial charge in [0.15, 0.2) is 0 Å². The quantitative estimate of drug-likeness (QED) is 0.856. The predicted octanol–water partition coefficient (Wildman–Crippen LogP) is 2.67. The van der Waals surface area contributed by atoms with E-state index in [1.54, 1.807) is 18.3 Å². The van der Waals surface area contributed by atoms with Crippen LogP contribution in [-0.2, 0) is 16.6 Å². The molecule has 2 rings (SSSR count). The minimum absolute atomic E-state index is 0.335. The number of sulfonamides is 1. The van der Waals surface area contributed by atoms with Crippen LogP contribution in [0.2, 0.25) is 0 Å². The number of nitrogens with zero attached hydrogens (tertiary/aromatic N) is 1. The lowest BCUT2D eigenvalue weighted by atomic mass is 10.3. The van der Waals surface area contributed by atoms with Crippen LogP contribution in [-0.4, -0.2) is 19.9 Å². The number of hydrogen-bond acceptors (Lipinski definition) is 5. The molecule has 5 nitrogen and oxygen atoms in total. The van der Waals surface area contributed by atoms with E-state index in [1.165, 1.54) is 17.5 Å². The third-order valence-electron chi connectivity index (χ3n) is 2.89. The maximum atomic E-state index is 12.5. The highest BCUT2D eigenvalue weighted by molar-refractivity contribution is 7.93. The van der Waals surface area contributed by atoms with E-state index >= 15 is 0 Å². The molecule has 0 aliphatic heterocycles. The smallest absolute Gasteiger partial charge is 0.263 e. The summed E-state index contributed by atoms with van der Waals surface area (Å²) in [6, 6.07) is 3.49. The van der Waals surface area contributed by atoms with Gasteiger partial charge in [0.1, 0.15) is 4.90 Å². The number of rotatable bonds is 6. The maximum absolute atomic E-state index is 12.5. The van der Waals surface area contributed by atoms with Gasteiger partial charge in [-0.05, 0) is 38.1 Å². The second kappa shape index (κ2) is 6.55. The Balaban J connectivity index is 2.25. The molecule has 0 amide bonds. The SMILES string of the molecule is CCNCc1cc(S(=O)(=O)Nc2cncc(C)c2)c(C)s1. The minimum Gasteiger partial charge on any atom is -0.312 e. The molecule has 0 fully saturated rings. The molecule has 2 heterocycles. The van der Waals surface area contributed by atoms with Crippen molar-refractivity contribution in [1.29, 1.82) is 0 Å². The second-order valence-corrected chi connectivity index (χ2v) is 7.76. The zero-order valence-electron chi connectivity index (χ0n) is 12.3. The van der Waals surface area contributed by atoms with Gasteiger partial charge in [-0.25, -0.2) is 8.42 Å². The average Bonchev–Trinajstić information content (AvgIpc) is 2.78. The van der Waals surface area contributed by atoms with Gasteiger partial charge in [0.25, 0.3) is 10.0 Å². The van der Waals surface area contributed by atoms with Crippen LogP contribution in [0, 0.1) is 13.8 Å². The van der Waals surface area contributed by atoms with Gasteiger partial charge in [0.2, 0.25) is 0 Å².